The number of halogens is 1. The Bertz CT molecular complexity index is 1740. The molecule has 0 aliphatic carbocycles. The second-order valence-electron chi connectivity index (χ2n) is 12.3. The van der Waals surface area contributed by atoms with Gasteiger partial charge in [-0.05, 0) is 74.4 Å². The van der Waals surface area contributed by atoms with Crippen molar-refractivity contribution in [3.8, 4) is 5.75 Å². The first-order valence-electron chi connectivity index (χ1n) is 16.2. The molecule has 0 saturated carbocycles. The van der Waals surface area contributed by atoms with Crippen LogP contribution in [0.3, 0.4) is 0 Å². The van der Waals surface area contributed by atoms with Crippen molar-refractivity contribution in [1.29, 1.82) is 0 Å². The number of nitrogens with zero attached hydrogens (tertiary/aromatic N) is 2. The van der Waals surface area contributed by atoms with Crippen LogP contribution in [0.15, 0.2) is 71.6 Å². The van der Waals surface area contributed by atoms with Crippen molar-refractivity contribution in [3.63, 3.8) is 0 Å². The number of hydrogen-bond donors (Lipinski definition) is 4. The molecule has 14 heteroatoms. The summed E-state index contributed by atoms with van der Waals surface area (Å²) in [4.78, 5) is 40.4. The van der Waals surface area contributed by atoms with E-state index in [4.69, 9.17) is 22.1 Å². The lowest BCUT2D eigenvalue weighted by Crippen LogP contribution is -2.50. The fourth-order valence-corrected chi connectivity index (χ4v) is 6.76. The quantitative estimate of drug-likeness (QED) is 0.134. The van der Waals surface area contributed by atoms with Crippen LogP contribution in [0.2, 0.25) is 5.02 Å². The van der Waals surface area contributed by atoms with Gasteiger partial charge in [-0.2, -0.15) is 4.31 Å². The van der Waals surface area contributed by atoms with E-state index in [9.17, 15) is 27.9 Å². The highest BCUT2D eigenvalue weighted by molar-refractivity contribution is 7.89. The molecule has 1 aliphatic rings. The summed E-state index contributed by atoms with van der Waals surface area (Å²) in [6, 6.07) is 17.1. The highest BCUT2D eigenvalue weighted by atomic mass is 35.5. The molecule has 0 radical (unpaired) electrons. The molecule has 3 aromatic rings. The zero-order chi connectivity index (χ0) is 35.7. The SMILES string of the molecule is C[C@@H]1CN([C@@H](C)CO)C(=O)c2cc(NC(=O)CCCCCC(=O)Nc3ccccc3N)ccc2O[C@@H]1CN(C)S(=O)(=O)c1ccc(Cl)cc1. The number of sulfonamides is 1. The summed E-state index contributed by atoms with van der Waals surface area (Å²) in [7, 11) is -2.41. The normalized spacial score (nSPS) is 17.0. The number of benzene rings is 3. The van der Waals surface area contributed by atoms with Crippen molar-refractivity contribution < 1.29 is 32.6 Å². The highest BCUT2D eigenvalue weighted by Gasteiger charge is 2.35. The Morgan fingerprint density at radius 1 is 1.04 bits per heavy atom. The molecule has 1 aliphatic heterocycles. The molecule has 0 bridgehead atoms. The van der Waals surface area contributed by atoms with Crippen LogP contribution in [0.4, 0.5) is 17.1 Å². The Labute approximate surface area is 292 Å². The maximum Gasteiger partial charge on any atom is 0.258 e. The number of hydrogen-bond acceptors (Lipinski definition) is 8. The maximum absolute atomic E-state index is 13.8. The van der Waals surface area contributed by atoms with Crippen LogP contribution in [0.1, 0.15) is 56.3 Å². The van der Waals surface area contributed by atoms with Gasteiger partial charge >= 0.3 is 0 Å². The van der Waals surface area contributed by atoms with Gasteiger partial charge < -0.3 is 31.1 Å². The molecule has 4 rings (SSSR count). The second kappa shape index (κ2) is 17.0. The molecule has 0 fully saturated rings. The first kappa shape index (κ1) is 37.6. The lowest BCUT2D eigenvalue weighted by molar-refractivity contribution is -0.116. The Morgan fingerprint density at radius 3 is 2.35 bits per heavy atom. The number of aliphatic hydroxyl groups excluding tert-OH is 1. The van der Waals surface area contributed by atoms with Crippen LogP contribution in [-0.2, 0) is 19.6 Å². The van der Waals surface area contributed by atoms with E-state index in [2.05, 4.69) is 10.6 Å². The number of nitrogens with two attached hydrogens (primary N) is 1. The summed E-state index contributed by atoms with van der Waals surface area (Å²) in [6.45, 7) is 3.51. The number of para-hydroxylation sites is 2. The van der Waals surface area contributed by atoms with Gasteiger partial charge in [-0.1, -0.05) is 37.1 Å². The standard InChI is InChI=1S/C35H44ClN5O7S/c1-23-20-41(24(2)22-42)35(45)28-19-26(38-33(43)11-5-4-6-12-34(44)39-30-10-8-7-9-29(30)37)15-18-31(28)48-32(23)21-40(3)49(46,47)27-16-13-25(36)14-17-27/h7-10,13-19,23-24,32,42H,4-6,11-12,20-22,37H2,1-3H3,(H,38,43)(H,39,44)/t23-,24+,32-/m1/s1. The van der Waals surface area contributed by atoms with E-state index in [1.54, 1.807) is 48.2 Å². The van der Waals surface area contributed by atoms with Crippen molar-refractivity contribution in [3.05, 3.63) is 77.3 Å². The summed E-state index contributed by atoms with van der Waals surface area (Å²) < 4.78 is 34.2. The van der Waals surface area contributed by atoms with Gasteiger partial charge in [-0.25, -0.2) is 8.42 Å². The number of carbonyl (C=O) groups is 3. The van der Waals surface area contributed by atoms with E-state index >= 15 is 0 Å². The van der Waals surface area contributed by atoms with Gasteiger partial charge in [0.05, 0.1) is 41.0 Å². The number of anilines is 3. The van der Waals surface area contributed by atoms with E-state index in [-0.39, 0.29) is 66.0 Å². The van der Waals surface area contributed by atoms with E-state index in [1.165, 1.54) is 41.7 Å². The first-order valence-corrected chi connectivity index (χ1v) is 18.0. The number of nitrogens with one attached hydrogen (secondary N) is 2. The lowest BCUT2D eigenvalue weighted by Gasteiger charge is -2.38. The number of fused-ring (bicyclic) bond motifs is 1. The molecule has 0 spiro atoms. The molecule has 12 nitrogen and oxygen atoms in total. The van der Waals surface area contributed by atoms with E-state index in [0.29, 0.717) is 47.8 Å². The number of nitrogen functional groups attached to an aromatic ring is 1. The average Bonchev–Trinajstić information content (AvgIpc) is 3.07. The summed E-state index contributed by atoms with van der Waals surface area (Å²) in [5.41, 5.74) is 7.51. The van der Waals surface area contributed by atoms with Crippen molar-refractivity contribution in [2.24, 2.45) is 5.92 Å². The minimum Gasteiger partial charge on any atom is -0.488 e. The van der Waals surface area contributed by atoms with E-state index < -0.39 is 22.2 Å². The summed E-state index contributed by atoms with van der Waals surface area (Å²) in [5.74, 6) is -0.846. The van der Waals surface area contributed by atoms with Crippen LogP contribution in [0.5, 0.6) is 5.75 Å². The molecule has 0 aromatic heterocycles. The molecule has 0 saturated heterocycles. The number of amides is 3. The van der Waals surface area contributed by atoms with Crippen molar-refractivity contribution in [1.82, 2.24) is 9.21 Å². The molecule has 1 heterocycles. The third-order valence-corrected chi connectivity index (χ3v) is 10.5. The van der Waals surface area contributed by atoms with Crippen LogP contribution < -0.4 is 21.1 Å². The van der Waals surface area contributed by atoms with Crippen LogP contribution in [0, 0.1) is 5.92 Å². The number of unbranched alkanes of at least 4 members (excludes halogenated alkanes) is 2. The number of ether oxygens (including phenoxy) is 1. The zero-order valence-electron chi connectivity index (χ0n) is 27.9. The van der Waals surface area contributed by atoms with Crippen LogP contribution >= 0.6 is 11.6 Å². The van der Waals surface area contributed by atoms with Crippen molar-refractivity contribution >= 4 is 56.4 Å². The smallest absolute Gasteiger partial charge is 0.258 e. The lowest BCUT2D eigenvalue weighted by atomic mass is 9.99. The molecule has 5 N–H and O–H groups in total. The number of likely N-dealkylation sites (N-methyl/N-ethyl adjacent to an activating group) is 1. The first-order chi connectivity index (χ1) is 23.3. The fraction of sp³-hybridized carbons (Fsp3) is 0.400. The van der Waals surface area contributed by atoms with Gasteiger partial charge in [0.25, 0.3) is 5.91 Å². The van der Waals surface area contributed by atoms with Crippen LogP contribution in [-0.4, -0.2) is 79.3 Å². The zero-order valence-corrected chi connectivity index (χ0v) is 29.5. The topological polar surface area (TPSA) is 171 Å². The van der Waals surface area contributed by atoms with E-state index in [1.807, 2.05) is 6.92 Å². The third kappa shape index (κ3) is 9.94. The second-order valence-corrected chi connectivity index (χ2v) is 14.8. The van der Waals surface area contributed by atoms with Gasteiger partial charge in [0.1, 0.15) is 11.9 Å². The fourth-order valence-electron chi connectivity index (χ4n) is 5.45. The predicted molar refractivity (Wildman–Crippen MR) is 190 cm³/mol. The Hall–Kier alpha value is -4.17. The number of aliphatic hydroxyl groups is 1. The van der Waals surface area contributed by atoms with Crippen molar-refractivity contribution in [2.45, 2.75) is 63.0 Å². The Morgan fingerprint density at radius 2 is 1.69 bits per heavy atom. The van der Waals surface area contributed by atoms with Gasteiger partial charge in [0, 0.05) is 43.1 Å². The Balaban J connectivity index is 1.40. The van der Waals surface area contributed by atoms with E-state index in [0.717, 1.165) is 0 Å². The minimum atomic E-state index is -3.87. The van der Waals surface area contributed by atoms with Gasteiger partial charge in [0.2, 0.25) is 21.8 Å². The average molecular weight is 714 g/mol. The molecule has 3 aromatic carbocycles. The van der Waals surface area contributed by atoms with Crippen molar-refractivity contribution in [2.75, 3.05) is 43.1 Å². The molecular weight excluding hydrogens is 670 g/mol. The molecule has 0 unspecified atom stereocenters. The van der Waals surface area contributed by atoms with Gasteiger partial charge in [0.15, 0.2) is 0 Å². The number of carbonyl (C=O) groups excluding carboxylic acids is 3. The summed E-state index contributed by atoms with van der Waals surface area (Å²) in [6.07, 6.45) is 1.69. The minimum absolute atomic E-state index is 0.0123. The largest absolute Gasteiger partial charge is 0.488 e. The summed E-state index contributed by atoms with van der Waals surface area (Å²) in [5, 5.41) is 16.0. The number of rotatable bonds is 14. The Kier molecular flexibility index (Phi) is 13.0. The molecule has 49 heavy (non-hydrogen) atoms. The third-order valence-electron chi connectivity index (χ3n) is 8.45. The molecule has 3 amide bonds. The molecule has 3 atom stereocenters. The monoisotopic (exact) mass is 713 g/mol. The highest BCUT2D eigenvalue weighted by Crippen LogP contribution is 2.31. The molecular formula is C35H44ClN5O7S. The van der Waals surface area contributed by atoms with Gasteiger partial charge in [-0.3, -0.25) is 14.4 Å². The predicted octanol–water partition coefficient (Wildman–Crippen LogP) is 4.99. The van der Waals surface area contributed by atoms with Gasteiger partial charge in [-0.15, -0.1) is 0 Å². The van der Waals surface area contributed by atoms with Crippen LogP contribution in [0.25, 0.3) is 0 Å². The molecule has 264 valence electrons. The summed E-state index contributed by atoms with van der Waals surface area (Å²) >= 11 is 5.95. The maximum atomic E-state index is 13.8.